The summed E-state index contributed by atoms with van der Waals surface area (Å²) >= 11 is 1.72. The van der Waals surface area contributed by atoms with E-state index in [1.165, 1.54) is 0 Å². The van der Waals surface area contributed by atoms with E-state index in [0.29, 0.717) is 11.8 Å². The summed E-state index contributed by atoms with van der Waals surface area (Å²) in [5, 5.41) is 0.864. The molecule has 0 aliphatic carbocycles. The van der Waals surface area contributed by atoms with Crippen molar-refractivity contribution in [2.45, 2.75) is 25.4 Å². The summed E-state index contributed by atoms with van der Waals surface area (Å²) in [6.45, 7) is 8.32. The van der Waals surface area contributed by atoms with Crippen molar-refractivity contribution < 1.29 is 0 Å². The van der Waals surface area contributed by atoms with Gasteiger partial charge < -0.3 is 0 Å². The van der Waals surface area contributed by atoms with Gasteiger partial charge in [-0.2, -0.15) is 0 Å². The van der Waals surface area contributed by atoms with Gasteiger partial charge in [-0.1, -0.05) is 31.7 Å². The van der Waals surface area contributed by atoms with Crippen LogP contribution in [0.1, 0.15) is 20.3 Å². The van der Waals surface area contributed by atoms with E-state index in [-0.39, 0.29) is 0 Å². The first-order valence-corrected chi connectivity index (χ1v) is 6.28. The molecule has 1 rings (SSSR count). The van der Waals surface area contributed by atoms with Crippen LogP contribution in [0, 0.1) is 11.8 Å². The van der Waals surface area contributed by atoms with Gasteiger partial charge in [0, 0.05) is 18.1 Å². The molecule has 0 unspecified atom stereocenters. The fourth-order valence-electron chi connectivity index (χ4n) is 1.49. The van der Waals surface area contributed by atoms with Gasteiger partial charge in [0.15, 0.2) is 5.16 Å². The minimum Gasteiger partial charge on any atom is -0.231 e. The Morgan fingerprint density at radius 1 is 1.47 bits per heavy atom. The second kappa shape index (κ2) is 6.62. The van der Waals surface area contributed by atoms with E-state index >= 15 is 0 Å². The highest BCUT2D eigenvalue weighted by Gasteiger charge is 2.12. The fraction of sp³-hybridized carbons (Fsp3) is 0.500. The van der Waals surface area contributed by atoms with Gasteiger partial charge in [-0.05, 0) is 24.3 Å². The van der Waals surface area contributed by atoms with Gasteiger partial charge in [0.2, 0.25) is 0 Å². The first-order valence-electron chi connectivity index (χ1n) is 5.30. The largest absolute Gasteiger partial charge is 0.231 e. The number of nitrogens with zero attached hydrogens (tertiary/aromatic N) is 2. The molecule has 1 heterocycles. The standard InChI is InChI=1S/C12H18N2S/c1-4-11(5-2)10(3)9-15-12-13-7-6-8-14-12/h4,6-8,10-11H,1,5,9H2,2-3H3/t10-,11-/m0/s1. The van der Waals surface area contributed by atoms with Gasteiger partial charge >= 0.3 is 0 Å². The van der Waals surface area contributed by atoms with E-state index in [0.717, 1.165) is 17.3 Å². The molecule has 0 amide bonds. The van der Waals surface area contributed by atoms with Crippen molar-refractivity contribution in [3.63, 3.8) is 0 Å². The average Bonchev–Trinajstić information content (AvgIpc) is 2.29. The first-order chi connectivity index (χ1) is 7.27. The van der Waals surface area contributed by atoms with Crippen molar-refractivity contribution in [2.75, 3.05) is 5.75 Å². The molecule has 82 valence electrons. The Morgan fingerprint density at radius 3 is 2.67 bits per heavy atom. The molecule has 2 atom stereocenters. The van der Waals surface area contributed by atoms with E-state index in [4.69, 9.17) is 0 Å². The van der Waals surface area contributed by atoms with Gasteiger partial charge in [-0.15, -0.1) is 6.58 Å². The highest BCUT2D eigenvalue weighted by Crippen LogP contribution is 2.23. The number of hydrogen-bond acceptors (Lipinski definition) is 3. The smallest absolute Gasteiger partial charge is 0.187 e. The van der Waals surface area contributed by atoms with E-state index < -0.39 is 0 Å². The normalized spacial score (nSPS) is 14.5. The molecular formula is C12H18N2S. The average molecular weight is 222 g/mol. The second-order valence-electron chi connectivity index (χ2n) is 3.63. The van der Waals surface area contributed by atoms with E-state index in [2.05, 4.69) is 36.5 Å². The molecule has 0 N–H and O–H groups in total. The molecule has 0 aromatic carbocycles. The van der Waals surface area contributed by atoms with Crippen LogP contribution in [0.3, 0.4) is 0 Å². The molecular weight excluding hydrogens is 204 g/mol. The topological polar surface area (TPSA) is 25.8 Å². The molecule has 0 fully saturated rings. The van der Waals surface area contributed by atoms with Crippen LogP contribution in [0.25, 0.3) is 0 Å². The molecule has 2 nitrogen and oxygen atoms in total. The Balaban J connectivity index is 2.40. The zero-order chi connectivity index (χ0) is 11.1. The Labute approximate surface area is 96.2 Å². The highest BCUT2D eigenvalue weighted by atomic mass is 32.2. The molecule has 0 aliphatic heterocycles. The van der Waals surface area contributed by atoms with Crippen molar-refractivity contribution in [2.24, 2.45) is 11.8 Å². The van der Waals surface area contributed by atoms with Crippen LogP contribution < -0.4 is 0 Å². The maximum Gasteiger partial charge on any atom is 0.187 e. The van der Waals surface area contributed by atoms with Crippen LogP contribution in [-0.4, -0.2) is 15.7 Å². The van der Waals surface area contributed by atoms with Crippen LogP contribution in [0.2, 0.25) is 0 Å². The number of allylic oxidation sites excluding steroid dienone is 1. The first kappa shape index (κ1) is 12.2. The Hall–Kier alpha value is -0.830. The van der Waals surface area contributed by atoms with E-state index in [9.17, 15) is 0 Å². The minimum absolute atomic E-state index is 0.598. The van der Waals surface area contributed by atoms with Crippen LogP contribution in [-0.2, 0) is 0 Å². The monoisotopic (exact) mass is 222 g/mol. The lowest BCUT2D eigenvalue weighted by atomic mass is 9.93. The number of thioether (sulfide) groups is 1. The summed E-state index contributed by atoms with van der Waals surface area (Å²) in [4.78, 5) is 8.38. The van der Waals surface area contributed by atoms with Crippen LogP contribution in [0.5, 0.6) is 0 Å². The molecule has 0 aliphatic rings. The molecule has 0 saturated carbocycles. The Morgan fingerprint density at radius 2 is 2.13 bits per heavy atom. The second-order valence-corrected chi connectivity index (χ2v) is 4.61. The molecule has 15 heavy (non-hydrogen) atoms. The van der Waals surface area contributed by atoms with Gasteiger partial charge in [-0.3, -0.25) is 0 Å². The van der Waals surface area contributed by atoms with Crippen LogP contribution in [0.15, 0.2) is 36.3 Å². The molecule has 3 heteroatoms. The van der Waals surface area contributed by atoms with Crippen molar-refractivity contribution in [1.29, 1.82) is 0 Å². The van der Waals surface area contributed by atoms with Gasteiger partial charge in [-0.25, -0.2) is 9.97 Å². The molecule has 0 saturated heterocycles. The van der Waals surface area contributed by atoms with E-state index in [1.807, 2.05) is 6.07 Å². The molecule has 0 spiro atoms. The Kier molecular flexibility index (Phi) is 5.40. The van der Waals surface area contributed by atoms with Crippen molar-refractivity contribution >= 4 is 11.8 Å². The third-order valence-electron chi connectivity index (χ3n) is 2.52. The maximum atomic E-state index is 4.19. The quantitative estimate of drug-likeness (QED) is 0.419. The summed E-state index contributed by atoms with van der Waals surface area (Å²) in [5.41, 5.74) is 0. The molecule has 1 aromatic heterocycles. The predicted molar refractivity (Wildman–Crippen MR) is 65.9 cm³/mol. The van der Waals surface area contributed by atoms with Crippen molar-refractivity contribution in [3.05, 3.63) is 31.1 Å². The summed E-state index contributed by atoms with van der Waals surface area (Å²) < 4.78 is 0. The van der Waals surface area contributed by atoms with Gasteiger partial charge in [0.05, 0.1) is 0 Å². The van der Waals surface area contributed by atoms with E-state index in [1.54, 1.807) is 24.2 Å². The van der Waals surface area contributed by atoms with Gasteiger partial charge in [0.25, 0.3) is 0 Å². The highest BCUT2D eigenvalue weighted by molar-refractivity contribution is 7.99. The fourth-order valence-corrected chi connectivity index (χ4v) is 2.42. The Bertz CT molecular complexity index is 287. The van der Waals surface area contributed by atoms with Crippen LogP contribution >= 0.6 is 11.8 Å². The lowest BCUT2D eigenvalue weighted by molar-refractivity contribution is 0.461. The zero-order valence-electron chi connectivity index (χ0n) is 9.39. The molecule has 1 aromatic rings. The number of hydrogen-bond donors (Lipinski definition) is 0. The third kappa shape index (κ3) is 4.04. The maximum absolute atomic E-state index is 4.19. The van der Waals surface area contributed by atoms with Crippen LogP contribution in [0.4, 0.5) is 0 Å². The molecule has 0 radical (unpaired) electrons. The predicted octanol–water partition coefficient (Wildman–Crippen LogP) is 3.42. The number of aromatic nitrogens is 2. The van der Waals surface area contributed by atoms with Crippen molar-refractivity contribution in [1.82, 2.24) is 9.97 Å². The zero-order valence-corrected chi connectivity index (χ0v) is 10.2. The molecule has 0 bridgehead atoms. The van der Waals surface area contributed by atoms with Gasteiger partial charge in [0.1, 0.15) is 0 Å². The lowest BCUT2D eigenvalue weighted by Crippen LogP contribution is -2.10. The third-order valence-corrected chi connectivity index (χ3v) is 3.68. The summed E-state index contributed by atoms with van der Waals surface area (Å²) in [5.74, 6) is 2.27. The SMILES string of the molecule is C=C[C@@H](CC)[C@@H](C)CSc1ncccn1. The summed E-state index contributed by atoms with van der Waals surface area (Å²) in [7, 11) is 0. The minimum atomic E-state index is 0.598. The summed E-state index contributed by atoms with van der Waals surface area (Å²) in [6.07, 6.45) is 6.77. The van der Waals surface area contributed by atoms with Crippen molar-refractivity contribution in [3.8, 4) is 0 Å². The number of rotatable bonds is 6. The summed E-state index contributed by atoms with van der Waals surface area (Å²) in [6, 6.07) is 1.84. The lowest BCUT2D eigenvalue weighted by Gasteiger charge is -2.17.